The average molecular weight is 386 g/mol. The smallest absolute Gasteiger partial charge is 0.324 e. The van der Waals surface area contributed by atoms with E-state index in [4.69, 9.17) is 4.74 Å². The molecule has 0 radical (unpaired) electrons. The Hall–Kier alpha value is -3.11. The number of halogens is 4. The van der Waals surface area contributed by atoms with Gasteiger partial charge in [0.2, 0.25) is 0 Å². The van der Waals surface area contributed by atoms with Crippen molar-refractivity contribution in [3.63, 3.8) is 0 Å². The van der Waals surface area contributed by atoms with E-state index in [1.807, 2.05) is 30.1 Å². The van der Waals surface area contributed by atoms with E-state index >= 15 is 8.78 Å². The highest BCUT2D eigenvalue weighted by atomic mass is 19.3. The molecule has 7 heteroatoms. The van der Waals surface area contributed by atoms with Crippen molar-refractivity contribution in [3.8, 4) is 11.8 Å². The number of pyridine rings is 1. The highest BCUT2D eigenvalue weighted by Gasteiger charge is 2.68. The minimum absolute atomic E-state index is 0.389. The van der Waals surface area contributed by atoms with Gasteiger partial charge in [0.15, 0.2) is 5.60 Å². The van der Waals surface area contributed by atoms with Crippen molar-refractivity contribution in [1.29, 1.82) is 0 Å². The third-order valence-electron chi connectivity index (χ3n) is 4.57. The van der Waals surface area contributed by atoms with Crippen LogP contribution in [0.2, 0.25) is 0 Å². The van der Waals surface area contributed by atoms with Crippen molar-refractivity contribution in [1.82, 2.24) is 9.55 Å². The summed E-state index contributed by atoms with van der Waals surface area (Å²) in [4.78, 5) is 3.81. The first-order valence-corrected chi connectivity index (χ1v) is 8.40. The molecule has 1 aromatic carbocycles. The standard InChI is InChI=1S/C21H14F4N2O/c1-27-9-8-15(12-27)3-2-14-4-7-19(26-11-14)21(24,25)20(13-28-20)17-6-5-16(22)10-18(17)23/h4-12H,13H2,1H3. The van der Waals surface area contributed by atoms with Crippen LogP contribution < -0.4 is 0 Å². The molecule has 0 aliphatic carbocycles. The lowest BCUT2D eigenvalue weighted by Gasteiger charge is -2.24. The molecule has 1 aliphatic rings. The van der Waals surface area contributed by atoms with Crippen LogP contribution in [-0.4, -0.2) is 16.2 Å². The molecule has 1 aliphatic heterocycles. The van der Waals surface area contributed by atoms with Crippen molar-refractivity contribution in [2.45, 2.75) is 11.5 Å². The lowest BCUT2D eigenvalue weighted by Crippen LogP contribution is -2.34. The number of epoxide rings is 1. The van der Waals surface area contributed by atoms with Crippen LogP contribution in [0.5, 0.6) is 0 Å². The Morgan fingerprint density at radius 2 is 1.86 bits per heavy atom. The molecule has 4 rings (SSSR count). The number of rotatable bonds is 3. The molecule has 3 heterocycles. The second-order valence-corrected chi connectivity index (χ2v) is 6.56. The molecule has 1 fully saturated rings. The van der Waals surface area contributed by atoms with Gasteiger partial charge in [0, 0.05) is 48.4 Å². The Morgan fingerprint density at radius 3 is 2.43 bits per heavy atom. The van der Waals surface area contributed by atoms with Gasteiger partial charge in [-0.1, -0.05) is 11.8 Å². The highest BCUT2D eigenvalue weighted by Crippen LogP contribution is 2.56. The van der Waals surface area contributed by atoms with E-state index < -0.39 is 34.4 Å². The zero-order chi connectivity index (χ0) is 19.9. The SMILES string of the molecule is Cn1ccc(C#Cc2ccc(C(F)(F)C3(c4ccc(F)cc4F)CO3)nc2)c1. The second-order valence-electron chi connectivity index (χ2n) is 6.56. The summed E-state index contributed by atoms with van der Waals surface area (Å²) in [7, 11) is 1.86. The quantitative estimate of drug-likeness (QED) is 0.385. The average Bonchev–Trinajstić information content (AvgIpc) is 3.37. The van der Waals surface area contributed by atoms with Gasteiger partial charge in [-0.2, -0.15) is 8.78 Å². The maximum absolute atomic E-state index is 15.1. The first kappa shape index (κ1) is 18.3. The van der Waals surface area contributed by atoms with E-state index in [1.165, 1.54) is 12.3 Å². The number of benzene rings is 1. The van der Waals surface area contributed by atoms with Gasteiger partial charge >= 0.3 is 5.92 Å². The Morgan fingerprint density at radius 1 is 1.11 bits per heavy atom. The van der Waals surface area contributed by atoms with Crippen LogP contribution in [0.15, 0.2) is 55.0 Å². The fraction of sp³-hybridized carbons (Fsp3) is 0.190. The molecule has 0 spiro atoms. The molecule has 142 valence electrons. The summed E-state index contributed by atoms with van der Waals surface area (Å²) in [6, 6.07) is 6.85. The lowest BCUT2D eigenvalue weighted by atomic mass is 9.90. The second kappa shape index (κ2) is 6.50. The molecule has 1 atom stereocenters. The van der Waals surface area contributed by atoms with Crippen LogP contribution >= 0.6 is 0 Å². The van der Waals surface area contributed by atoms with E-state index in [2.05, 4.69) is 16.8 Å². The summed E-state index contributed by atoms with van der Waals surface area (Å²) in [5, 5.41) is 0. The van der Waals surface area contributed by atoms with Gasteiger partial charge < -0.3 is 9.30 Å². The number of hydrogen-bond donors (Lipinski definition) is 0. The Balaban J connectivity index is 1.62. The maximum atomic E-state index is 15.1. The highest BCUT2D eigenvalue weighted by molar-refractivity contribution is 5.42. The zero-order valence-electron chi connectivity index (χ0n) is 14.7. The van der Waals surface area contributed by atoms with Gasteiger partial charge in [-0.3, -0.25) is 4.98 Å². The normalized spacial score (nSPS) is 18.5. The van der Waals surface area contributed by atoms with Gasteiger partial charge in [0.1, 0.15) is 17.3 Å². The third-order valence-corrected chi connectivity index (χ3v) is 4.57. The van der Waals surface area contributed by atoms with Crippen LogP contribution in [-0.2, 0) is 23.3 Å². The Kier molecular flexibility index (Phi) is 4.24. The third kappa shape index (κ3) is 3.06. The molecule has 0 saturated carbocycles. The summed E-state index contributed by atoms with van der Waals surface area (Å²) in [6.45, 7) is -0.389. The van der Waals surface area contributed by atoms with Gasteiger partial charge in [-0.15, -0.1) is 0 Å². The molecule has 3 aromatic rings. The molecular formula is C21H14F4N2O. The van der Waals surface area contributed by atoms with E-state index in [-0.39, 0.29) is 6.61 Å². The maximum Gasteiger partial charge on any atom is 0.324 e. The van der Waals surface area contributed by atoms with Crippen LogP contribution in [0, 0.1) is 23.5 Å². The van der Waals surface area contributed by atoms with Gasteiger partial charge in [-0.25, -0.2) is 8.78 Å². The Labute approximate surface area is 158 Å². The van der Waals surface area contributed by atoms with Crippen molar-refractivity contribution in [2.75, 3.05) is 6.61 Å². The summed E-state index contributed by atoms with van der Waals surface area (Å²) in [6.07, 6.45) is 4.90. The van der Waals surface area contributed by atoms with Gasteiger partial charge in [0.25, 0.3) is 0 Å². The van der Waals surface area contributed by atoms with E-state index in [0.717, 1.165) is 23.8 Å². The number of hydrogen-bond acceptors (Lipinski definition) is 2. The van der Waals surface area contributed by atoms with E-state index in [1.54, 1.807) is 0 Å². The van der Waals surface area contributed by atoms with Crippen LogP contribution in [0.25, 0.3) is 0 Å². The zero-order valence-corrected chi connectivity index (χ0v) is 14.7. The van der Waals surface area contributed by atoms with Crippen molar-refractivity contribution >= 4 is 0 Å². The van der Waals surface area contributed by atoms with Gasteiger partial charge in [0.05, 0.1) is 6.61 Å². The number of alkyl halides is 2. The first-order chi connectivity index (χ1) is 13.3. The predicted octanol–water partition coefficient (Wildman–Crippen LogP) is 4.12. The van der Waals surface area contributed by atoms with Crippen molar-refractivity contribution < 1.29 is 22.3 Å². The van der Waals surface area contributed by atoms with Crippen molar-refractivity contribution in [3.05, 3.63) is 89.0 Å². The number of aryl methyl sites for hydroxylation is 1. The first-order valence-electron chi connectivity index (χ1n) is 8.40. The molecule has 0 N–H and O–H groups in total. The number of ether oxygens (including phenoxy) is 1. The minimum atomic E-state index is -3.60. The number of aromatic nitrogens is 2. The Bertz CT molecular complexity index is 1090. The fourth-order valence-electron chi connectivity index (χ4n) is 2.98. The molecular weight excluding hydrogens is 372 g/mol. The largest absolute Gasteiger partial charge is 0.357 e. The van der Waals surface area contributed by atoms with Crippen LogP contribution in [0.1, 0.15) is 22.4 Å². The molecule has 0 bridgehead atoms. The summed E-state index contributed by atoms with van der Waals surface area (Å²) in [5.41, 5.74) is -1.90. The molecule has 28 heavy (non-hydrogen) atoms. The topological polar surface area (TPSA) is 30.4 Å². The molecule has 1 unspecified atom stereocenters. The van der Waals surface area contributed by atoms with Crippen LogP contribution in [0.4, 0.5) is 17.6 Å². The molecule has 2 aromatic heterocycles. The fourth-order valence-corrected chi connectivity index (χ4v) is 2.98. The van der Waals surface area contributed by atoms with Crippen molar-refractivity contribution in [2.24, 2.45) is 7.05 Å². The van der Waals surface area contributed by atoms with E-state index in [9.17, 15) is 8.78 Å². The molecule has 0 amide bonds. The predicted molar refractivity (Wildman–Crippen MR) is 93.5 cm³/mol. The molecule has 3 nitrogen and oxygen atoms in total. The van der Waals surface area contributed by atoms with Crippen LogP contribution in [0.3, 0.4) is 0 Å². The van der Waals surface area contributed by atoms with E-state index in [0.29, 0.717) is 11.6 Å². The monoisotopic (exact) mass is 386 g/mol. The molecule has 1 saturated heterocycles. The summed E-state index contributed by atoms with van der Waals surface area (Å²) in [5.74, 6) is 0.235. The number of nitrogens with zero attached hydrogens (tertiary/aromatic N) is 2. The lowest BCUT2D eigenvalue weighted by molar-refractivity contribution is -0.0901. The summed E-state index contributed by atoms with van der Waals surface area (Å²) < 4.78 is 64.1. The van der Waals surface area contributed by atoms with Gasteiger partial charge in [-0.05, 0) is 30.3 Å². The minimum Gasteiger partial charge on any atom is -0.357 e. The summed E-state index contributed by atoms with van der Waals surface area (Å²) >= 11 is 0.